The van der Waals surface area contributed by atoms with Crippen LogP contribution in [0.3, 0.4) is 0 Å². The van der Waals surface area contributed by atoms with Gasteiger partial charge in [-0.1, -0.05) is 6.92 Å². The topological polar surface area (TPSA) is 58.9 Å². The average molecular weight is 210 g/mol. The van der Waals surface area contributed by atoms with Crippen LogP contribution in [0.4, 0.5) is 0 Å². The molecule has 0 aromatic carbocycles. The van der Waals surface area contributed by atoms with Crippen molar-refractivity contribution in [2.24, 2.45) is 7.05 Å². The number of aryl methyl sites for hydroxylation is 1. The SMILES string of the molecule is CCCNCCNC(=O)c1cnn(C)c1. The Hall–Kier alpha value is -1.36. The zero-order chi connectivity index (χ0) is 11.1. The summed E-state index contributed by atoms with van der Waals surface area (Å²) in [6, 6.07) is 0. The Morgan fingerprint density at radius 2 is 2.27 bits per heavy atom. The van der Waals surface area contributed by atoms with Gasteiger partial charge in [-0.3, -0.25) is 9.48 Å². The van der Waals surface area contributed by atoms with Crippen LogP contribution < -0.4 is 10.6 Å². The molecule has 0 saturated carbocycles. The second-order valence-electron chi connectivity index (χ2n) is 3.41. The Labute approximate surface area is 89.9 Å². The Morgan fingerprint density at radius 1 is 1.47 bits per heavy atom. The van der Waals surface area contributed by atoms with E-state index in [2.05, 4.69) is 22.7 Å². The van der Waals surface area contributed by atoms with Gasteiger partial charge in [0.1, 0.15) is 0 Å². The Bertz CT molecular complexity index is 308. The first-order valence-electron chi connectivity index (χ1n) is 5.21. The van der Waals surface area contributed by atoms with Gasteiger partial charge < -0.3 is 10.6 Å². The van der Waals surface area contributed by atoms with Crippen molar-refractivity contribution in [3.63, 3.8) is 0 Å². The normalized spacial score (nSPS) is 10.3. The average Bonchev–Trinajstić information content (AvgIpc) is 2.64. The van der Waals surface area contributed by atoms with Gasteiger partial charge in [-0.2, -0.15) is 5.10 Å². The van der Waals surface area contributed by atoms with Crippen LogP contribution in [-0.4, -0.2) is 35.3 Å². The molecular weight excluding hydrogens is 192 g/mol. The van der Waals surface area contributed by atoms with Crippen molar-refractivity contribution in [1.29, 1.82) is 0 Å². The summed E-state index contributed by atoms with van der Waals surface area (Å²) in [6.07, 6.45) is 4.38. The molecule has 1 aromatic rings. The lowest BCUT2D eigenvalue weighted by Crippen LogP contribution is -2.31. The van der Waals surface area contributed by atoms with Gasteiger partial charge in [-0.05, 0) is 13.0 Å². The molecule has 15 heavy (non-hydrogen) atoms. The number of nitrogens with one attached hydrogen (secondary N) is 2. The first kappa shape index (κ1) is 11.7. The van der Waals surface area contributed by atoms with E-state index in [1.807, 2.05) is 0 Å². The first-order chi connectivity index (χ1) is 7.24. The van der Waals surface area contributed by atoms with E-state index in [0.717, 1.165) is 19.5 Å². The fraction of sp³-hybridized carbons (Fsp3) is 0.600. The Morgan fingerprint density at radius 3 is 2.87 bits per heavy atom. The fourth-order valence-electron chi connectivity index (χ4n) is 1.21. The molecule has 1 aromatic heterocycles. The van der Waals surface area contributed by atoms with Gasteiger partial charge in [-0.25, -0.2) is 0 Å². The maximum atomic E-state index is 11.5. The molecule has 2 N–H and O–H groups in total. The van der Waals surface area contributed by atoms with Crippen LogP contribution >= 0.6 is 0 Å². The number of aromatic nitrogens is 2. The predicted octanol–water partition coefficient (Wildman–Crippen LogP) is 0.150. The molecule has 84 valence electrons. The molecule has 0 atom stereocenters. The minimum absolute atomic E-state index is 0.0681. The molecule has 0 bridgehead atoms. The molecule has 0 aliphatic heterocycles. The third kappa shape index (κ3) is 4.12. The van der Waals surface area contributed by atoms with Gasteiger partial charge in [0.15, 0.2) is 0 Å². The maximum Gasteiger partial charge on any atom is 0.254 e. The molecule has 0 aliphatic carbocycles. The maximum absolute atomic E-state index is 11.5. The highest BCUT2D eigenvalue weighted by Crippen LogP contribution is 1.94. The summed E-state index contributed by atoms with van der Waals surface area (Å²) >= 11 is 0. The number of carbonyl (C=O) groups is 1. The molecule has 5 nitrogen and oxygen atoms in total. The van der Waals surface area contributed by atoms with Gasteiger partial charge in [0, 0.05) is 26.3 Å². The summed E-state index contributed by atoms with van der Waals surface area (Å²) in [5.41, 5.74) is 0.605. The highest BCUT2D eigenvalue weighted by Gasteiger charge is 2.05. The molecule has 5 heteroatoms. The quantitative estimate of drug-likeness (QED) is 0.657. The van der Waals surface area contributed by atoms with Crippen molar-refractivity contribution in [3.05, 3.63) is 18.0 Å². The molecule has 0 unspecified atom stereocenters. The van der Waals surface area contributed by atoms with Crippen LogP contribution in [0.15, 0.2) is 12.4 Å². The summed E-state index contributed by atoms with van der Waals surface area (Å²) < 4.78 is 1.62. The van der Waals surface area contributed by atoms with Crippen LogP contribution in [0, 0.1) is 0 Å². The van der Waals surface area contributed by atoms with E-state index in [1.54, 1.807) is 24.1 Å². The monoisotopic (exact) mass is 210 g/mol. The molecular formula is C10H18N4O. The van der Waals surface area contributed by atoms with E-state index in [9.17, 15) is 4.79 Å². The molecule has 1 amide bonds. The smallest absolute Gasteiger partial charge is 0.254 e. The molecule has 0 saturated heterocycles. The van der Waals surface area contributed by atoms with Gasteiger partial charge in [0.25, 0.3) is 5.91 Å². The number of nitrogens with zero attached hydrogens (tertiary/aromatic N) is 2. The van der Waals surface area contributed by atoms with Crippen LogP contribution in [0.5, 0.6) is 0 Å². The van der Waals surface area contributed by atoms with Crippen molar-refractivity contribution in [1.82, 2.24) is 20.4 Å². The largest absolute Gasteiger partial charge is 0.351 e. The van der Waals surface area contributed by atoms with E-state index in [0.29, 0.717) is 12.1 Å². The second-order valence-corrected chi connectivity index (χ2v) is 3.41. The zero-order valence-electron chi connectivity index (χ0n) is 9.29. The first-order valence-corrected chi connectivity index (χ1v) is 5.21. The van der Waals surface area contributed by atoms with Crippen LogP contribution in [0.25, 0.3) is 0 Å². The lowest BCUT2D eigenvalue weighted by atomic mass is 10.3. The second kappa shape index (κ2) is 6.19. The summed E-state index contributed by atoms with van der Waals surface area (Å²) in [5.74, 6) is -0.0681. The number of hydrogen-bond donors (Lipinski definition) is 2. The van der Waals surface area contributed by atoms with E-state index in [1.165, 1.54) is 0 Å². The van der Waals surface area contributed by atoms with Crippen molar-refractivity contribution >= 4 is 5.91 Å². The van der Waals surface area contributed by atoms with Crippen molar-refractivity contribution in [2.75, 3.05) is 19.6 Å². The third-order valence-corrected chi connectivity index (χ3v) is 1.98. The van der Waals surface area contributed by atoms with E-state index >= 15 is 0 Å². The van der Waals surface area contributed by atoms with Gasteiger partial charge in [0.2, 0.25) is 0 Å². The Kier molecular flexibility index (Phi) is 4.83. The third-order valence-electron chi connectivity index (χ3n) is 1.98. The lowest BCUT2D eigenvalue weighted by molar-refractivity contribution is 0.0954. The van der Waals surface area contributed by atoms with E-state index in [-0.39, 0.29) is 5.91 Å². The molecule has 0 spiro atoms. The van der Waals surface area contributed by atoms with Crippen molar-refractivity contribution in [2.45, 2.75) is 13.3 Å². The summed E-state index contributed by atoms with van der Waals surface area (Å²) in [4.78, 5) is 11.5. The number of hydrogen-bond acceptors (Lipinski definition) is 3. The Balaban J connectivity index is 2.19. The number of amides is 1. The van der Waals surface area contributed by atoms with Crippen LogP contribution in [0.1, 0.15) is 23.7 Å². The van der Waals surface area contributed by atoms with Crippen molar-refractivity contribution < 1.29 is 4.79 Å². The lowest BCUT2D eigenvalue weighted by Gasteiger charge is -2.04. The minimum Gasteiger partial charge on any atom is -0.351 e. The fourth-order valence-corrected chi connectivity index (χ4v) is 1.21. The van der Waals surface area contributed by atoms with E-state index < -0.39 is 0 Å². The minimum atomic E-state index is -0.0681. The number of carbonyl (C=O) groups excluding carboxylic acids is 1. The summed E-state index contributed by atoms with van der Waals surface area (Å²) in [7, 11) is 1.79. The molecule has 0 radical (unpaired) electrons. The van der Waals surface area contributed by atoms with Crippen LogP contribution in [-0.2, 0) is 7.05 Å². The van der Waals surface area contributed by atoms with Gasteiger partial charge in [-0.15, -0.1) is 0 Å². The molecule has 0 fully saturated rings. The highest BCUT2D eigenvalue weighted by molar-refractivity contribution is 5.93. The highest BCUT2D eigenvalue weighted by atomic mass is 16.1. The predicted molar refractivity (Wildman–Crippen MR) is 58.7 cm³/mol. The zero-order valence-corrected chi connectivity index (χ0v) is 9.29. The standard InChI is InChI=1S/C10H18N4O/c1-3-4-11-5-6-12-10(15)9-7-13-14(2)8-9/h7-8,11H,3-6H2,1-2H3,(H,12,15). The van der Waals surface area contributed by atoms with E-state index in [4.69, 9.17) is 0 Å². The molecule has 1 heterocycles. The van der Waals surface area contributed by atoms with Gasteiger partial charge >= 0.3 is 0 Å². The molecule has 0 aliphatic rings. The number of rotatable bonds is 6. The van der Waals surface area contributed by atoms with Crippen LogP contribution in [0.2, 0.25) is 0 Å². The van der Waals surface area contributed by atoms with Gasteiger partial charge in [0.05, 0.1) is 11.8 Å². The van der Waals surface area contributed by atoms with Crippen molar-refractivity contribution in [3.8, 4) is 0 Å². The summed E-state index contributed by atoms with van der Waals surface area (Å²) in [5, 5.41) is 9.96. The summed E-state index contributed by atoms with van der Waals surface area (Å²) in [6.45, 7) is 4.55. The molecule has 1 rings (SSSR count).